The number of rotatable bonds is 7. The number of anilines is 3. The first kappa shape index (κ1) is 45.7. The topological polar surface area (TPSA) is 8.17 Å². The van der Waals surface area contributed by atoms with E-state index in [4.69, 9.17) is 0 Å². The normalized spacial score (nSPS) is 16.8. The molecule has 0 bridgehead atoms. The van der Waals surface area contributed by atoms with Crippen LogP contribution in [-0.4, -0.2) is 4.57 Å². The lowest BCUT2D eigenvalue weighted by atomic mass is 9.66. The van der Waals surface area contributed by atoms with Crippen LogP contribution in [0.25, 0.3) is 66.4 Å². The van der Waals surface area contributed by atoms with Gasteiger partial charge in [-0.3, -0.25) is 0 Å². The fourth-order valence-corrected chi connectivity index (χ4v) is 15.3. The summed E-state index contributed by atoms with van der Waals surface area (Å²) in [6, 6.07) is 83.0. The Labute approximate surface area is 456 Å². The van der Waals surface area contributed by atoms with Gasteiger partial charge in [0.25, 0.3) is 0 Å². The van der Waals surface area contributed by atoms with Crippen molar-refractivity contribution in [2.45, 2.75) is 60.7 Å². The van der Waals surface area contributed by atoms with Crippen LogP contribution in [-0.2, 0) is 16.2 Å². The van der Waals surface area contributed by atoms with E-state index < -0.39 is 5.41 Å². The molecular weight excluding hydrogens is 949 g/mol. The van der Waals surface area contributed by atoms with E-state index in [1.54, 1.807) is 0 Å². The van der Waals surface area contributed by atoms with Crippen molar-refractivity contribution >= 4 is 56.2 Å². The predicted octanol–water partition coefficient (Wildman–Crippen LogP) is 19.9. The summed E-state index contributed by atoms with van der Waals surface area (Å²) in [7, 11) is 0. The Morgan fingerprint density at radius 1 is 0.455 bits per heavy atom. The molecule has 0 saturated carbocycles. The third-order valence-corrected chi connectivity index (χ3v) is 19.2. The molecule has 15 rings (SSSR count). The first-order chi connectivity index (χ1) is 37.6. The molecule has 368 valence electrons. The van der Waals surface area contributed by atoms with E-state index in [2.05, 4.69) is 281 Å². The Morgan fingerprint density at radius 2 is 1.01 bits per heavy atom. The molecule has 0 fully saturated rings. The van der Waals surface area contributed by atoms with Gasteiger partial charge in [-0.15, -0.1) is 0 Å². The third-order valence-electron chi connectivity index (χ3n) is 18.0. The highest BCUT2D eigenvalue weighted by molar-refractivity contribution is 7.99. The first-order valence-corrected chi connectivity index (χ1v) is 27.8. The Balaban J connectivity index is 0.971. The molecule has 1 aliphatic heterocycles. The zero-order valence-electron chi connectivity index (χ0n) is 44.0. The van der Waals surface area contributed by atoms with E-state index in [0.717, 1.165) is 17.1 Å². The standard InChI is InChI=1S/C74H56N2S/c1-7-8-20-52-46(2)72(3,4)63-44-50(38-40-55(52)63)75(51-39-41-56-53-21-9-13-26-60(53)73(5,6)64(56)45-51)68-31-19-25-59-54-22-10-14-27-61(54)74(71(59)68)62-28-15-18-32-69(62)77-70-42-35-48(43-65(70)74)47-33-36-49(37-34-47)76-66-29-16-11-23-57(66)58-24-12-17-30-67(58)76/h7-45H,1H2,2-6H3/b20-8-. The monoisotopic (exact) mass is 1000 g/mol. The van der Waals surface area contributed by atoms with Crippen LogP contribution in [0.3, 0.4) is 0 Å². The molecular formula is C74H56N2S. The number of hydrogen-bond acceptors (Lipinski definition) is 2. The summed E-state index contributed by atoms with van der Waals surface area (Å²) in [6.07, 6.45) is 6.19. The van der Waals surface area contributed by atoms with E-state index >= 15 is 0 Å². The summed E-state index contributed by atoms with van der Waals surface area (Å²) in [5.74, 6) is 0. The molecule has 2 heterocycles. The Morgan fingerprint density at radius 3 is 1.73 bits per heavy atom. The van der Waals surface area contributed by atoms with Crippen LogP contribution < -0.4 is 4.90 Å². The molecule has 77 heavy (non-hydrogen) atoms. The fraction of sp³-hybridized carbons (Fsp3) is 0.108. The molecule has 2 nitrogen and oxygen atoms in total. The van der Waals surface area contributed by atoms with Gasteiger partial charge in [0.05, 0.1) is 22.1 Å². The highest BCUT2D eigenvalue weighted by atomic mass is 32.2. The molecule has 1 atom stereocenters. The van der Waals surface area contributed by atoms with E-state index in [1.165, 1.54) is 126 Å². The second-order valence-electron chi connectivity index (χ2n) is 22.4. The largest absolute Gasteiger partial charge is 0.310 e. The van der Waals surface area contributed by atoms with Crippen molar-refractivity contribution in [2.75, 3.05) is 4.90 Å². The molecule has 4 aliphatic rings. The maximum Gasteiger partial charge on any atom is 0.0756 e. The maximum atomic E-state index is 4.03. The van der Waals surface area contributed by atoms with Gasteiger partial charge >= 0.3 is 0 Å². The van der Waals surface area contributed by atoms with E-state index in [9.17, 15) is 0 Å². The second-order valence-corrected chi connectivity index (χ2v) is 23.5. The van der Waals surface area contributed by atoms with Gasteiger partial charge < -0.3 is 9.47 Å². The minimum Gasteiger partial charge on any atom is -0.310 e. The molecule has 0 radical (unpaired) electrons. The van der Waals surface area contributed by atoms with Gasteiger partial charge in [0.15, 0.2) is 0 Å². The predicted molar refractivity (Wildman–Crippen MR) is 325 cm³/mol. The van der Waals surface area contributed by atoms with Gasteiger partial charge in [-0.2, -0.15) is 0 Å². The van der Waals surface area contributed by atoms with Crippen molar-refractivity contribution in [2.24, 2.45) is 0 Å². The second kappa shape index (κ2) is 16.7. The molecule has 3 aliphatic carbocycles. The molecule has 0 N–H and O–H groups in total. The molecule has 1 unspecified atom stereocenters. The number of aromatic nitrogens is 1. The molecule has 0 amide bonds. The highest BCUT2D eigenvalue weighted by Crippen LogP contribution is 2.65. The van der Waals surface area contributed by atoms with Crippen molar-refractivity contribution in [1.29, 1.82) is 0 Å². The van der Waals surface area contributed by atoms with Crippen LogP contribution in [0.5, 0.6) is 0 Å². The zero-order chi connectivity index (χ0) is 52.0. The zero-order valence-corrected chi connectivity index (χ0v) is 44.8. The fourth-order valence-electron chi connectivity index (χ4n) is 14.1. The average Bonchev–Trinajstić information content (AvgIpc) is 4.11. The van der Waals surface area contributed by atoms with Crippen LogP contribution in [0.4, 0.5) is 17.1 Å². The van der Waals surface area contributed by atoms with Crippen LogP contribution in [0.15, 0.2) is 259 Å². The molecule has 1 spiro atoms. The van der Waals surface area contributed by atoms with Crippen LogP contribution >= 0.6 is 11.8 Å². The minimum absolute atomic E-state index is 0.187. The van der Waals surface area contributed by atoms with Crippen molar-refractivity contribution in [3.8, 4) is 39.1 Å². The van der Waals surface area contributed by atoms with Gasteiger partial charge in [0, 0.05) is 54.0 Å². The molecule has 0 saturated heterocycles. The van der Waals surface area contributed by atoms with Gasteiger partial charge in [-0.05, 0) is 158 Å². The van der Waals surface area contributed by atoms with Gasteiger partial charge in [-0.25, -0.2) is 0 Å². The summed E-state index contributed by atoms with van der Waals surface area (Å²) < 4.78 is 2.41. The Hall–Kier alpha value is -8.63. The smallest absolute Gasteiger partial charge is 0.0756 e. The lowest BCUT2D eigenvalue weighted by Gasteiger charge is -2.42. The number of para-hydroxylation sites is 2. The van der Waals surface area contributed by atoms with E-state index in [1.807, 2.05) is 17.8 Å². The summed E-state index contributed by atoms with van der Waals surface area (Å²) in [6.45, 7) is 15.9. The van der Waals surface area contributed by atoms with Gasteiger partial charge in [0.1, 0.15) is 0 Å². The average molecular weight is 1010 g/mol. The number of benzene rings is 10. The Kier molecular flexibility index (Phi) is 9.91. The van der Waals surface area contributed by atoms with Crippen molar-refractivity contribution in [3.63, 3.8) is 0 Å². The first-order valence-electron chi connectivity index (χ1n) is 27.0. The summed E-state index contributed by atoms with van der Waals surface area (Å²) in [5.41, 5.74) is 26.8. The maximum absolute atomic E-state index is 4.03. The number of nitrogens with zero attached hydrogens (tertiary/aromatic N) is 2. The molecule has 3 heteroatoms. The van der Waals surface area contributed by atoms with Crippen molar-refractivity contribution in [1.82, 2.24) is 4.57 Å². The Bertz CT molecular complexity index is 4350. The summed E-state index contributed by atoms with van der Waals surface area (Å²) >= 11 is 1.90. The number of fused-ring (bicyclic) bond motifs is 16. The summed E-state index contributed by atoms with van der Waals surface area (Å²) in [4.78, 5) is 5.16. The molecule has 1 aromatic heterocycles. The molecule has 11 aromatic rings. The summed E-state index contributed by atoms with van der Waals surface area (Å²) in [5, 5.41) is 2.53. The van der Waals surface area contributed by atoms with E-state index in [-0.39, 0.29) is 10.8 Å². The van der Waals surface area contributed by atoms with Crippen LogP contribution in [0.1, 0.15) is 79.1 Å². The van der Waals surface area contributed by atoms with Crippen molar-refractivity contribution < 1.29 is 0 Å². The van der Waals surface area contributed by atoms with Crippen molar-refractivity contribution in [3.05, 3.63) is 293 Å². The SMILES string of the molecule is C=C/C=C\C1=C(C)C(C)(C)c2cc(N(c3ccc4c(c3)C(C)(C)c3ccccc3-4)c3cccc4c3C3(c5ccccc5Sc5ccc(-c6ccc(-n7c8ccccc8c8ccccc87)cc6)cc53)c3ccccc3-4)ccc21. The third kappa shape index (κ3) is 6.32. The van der Waals surface area contributed by atoms with Crippen LogP contribution in [0.2, 0.25) is 0 Å². The quantitative estimate of drug-likeness (QED) is 0.147. The lowest BCUT2D eigenvalue weighted by molar-refractivity contribution is 0.639. The van der Waals surface area contributed by atoms with Gasteiger partial charge in [-0.1, -0.05) is 215 Å². The number of hydrogen-bond donors (Lipinski definition) is 0. The van der Waals surface area contributed by atoms with E-state index in [0.29, 0.717) is 0 Å². The molecule has 10 aromatic carbocycles. The highest BCUT2D eigenvalue weighted by Gasteiger charge is 2.52. The number of allylic oxidation sites excluding steroid dienone is 5. The van der Waals surface area contributed by atoms with Crippen LogP contribution in [0, 0.1) is 0 Å². The lowest BCUT2D eigenvalue weighted by Crippen LogP contribution is -2.33. The van der Waals surface area contributed by atoms with Gasteiger partial charge in [0.2, 0.25) is 0 Å². The minimum atomic E-state index is -0.667.